The molecule has 6 rings (SSSR count). The summed E-state index contributed by atoms with van der Waals surface area (Å²) in [6.07, 6.45) is -1.43. The fourth-order valence-corrected chi connectivity index (χ4v) is 5.02. The molecule has 0 saturated carbocycles. The number of nitrogens with two attached hydrogens (primary N) is 1. The molecular weight excluding hydrogens is 484 g/mol. The Hall–Kier alpha value is -4.16. The Morgan fingerprint density at radius 1 is 1.25 bits per heavy atom. The van der Waals surface area contributed by atoms with E-state index in [1.54, 1.807) is 23.7 Å². The quantitative estimate of drug-likeness (QED) is 0.414. The van der Waals surface area contributed by atoms with E-state index >= 15 is 0 Å². The molecule has 2 atom stereocenters. The van der Waals surface area contributed by atoms with Crippen LogP contribution in [0.15, 0.2) is 30.7 Å². The number of alkyl halides is 3. The first-order valence-electron chi connectivity index (χ1n) is 11.1. The smallest absolute Gasteiger partial charge is 0.487 e. The summed E-state index contributed by atoms with van der Waals surface area (Å²) in [6, 6.07) is 2.71. The Bertz CT molecular complexity index is 1550. The number of aromatic nitrogens is 4. The lowest BCUT2D eigenvalue weighted by molar-refractivity contribution is -0.275. The van der Waals surface area contributed by atoms with Crippen molar-refractivity contribution in [1.82, 2.24) is 24.3 Å². The van der Waals surface area contributed by atoms with Crippen LogP contribution in [0.3, 0.4) is 0 Å². The molecule has 2 aliphatic heterocycles. The van der Waals surface area contributed by atoms with Gasteiger partial charge in [-0.3, -0.25) is 9.20 Å². The zero-order valence-corrected chi connectivity index (χ0v) is 18.7. The zero-order chi connectivity index (χ0) is 25.4. The average molecular weight is 502 g/mol. The van der Waals surface area contributed by atoms with Crippen LogP contribution in [0.5, 0.6) is 11.5 Å². The van der Waals surface area contributed by atoms with E-state index in [4.69, 9.17) is 10.5 Å². The molecule has 0 unspecified atom stereocenters. The maximum Gasteiger partial charge on any atom is 0.573 e. The minimum absolute atomic E-state index is 0.0482. The molecule has 0 bridgehead atoms. The molecule has 36 heavy (non-hydrogen) atoms. The van der Waals surface area contributed by atoms with E-state index in [1.165, 1.54) is 11.1 Å². The number of hydrogen-bond donors (Lipinski definition) is 1. The summed E-state index contributed by atoms with van der Waals surface area (Å²) in [5, 5.41) is 0. The van der Waals surface area contributed by atoms with Crippen LogP contribution in [0, 0.1) is 12.7 Å². The Morgan fingerprint density at radius 3 is 2.83 bits per heavy atom. The Kier molecular flexibility index (Phi) is 4.75. The van der Waals surface area contributed by atoms with E-state index in [9.17, 15) is 22.4 Å². The van der Waals surface area contributed by atoms with Gasteiger partial charge in [0.15, 0.2) is 17.4 Å². The Morgan fingerprint density at radius 2 is 2.06 bits per heavy atom. The minimum Gasteiger partial charge on any atom is -0.487 e. The fraction of sp³-hybridized carbons (Fsp3) is 0.304. The number of halogens is 4. The lowest BCUT2D eigenvalue weighted by atomic mass is 9.94. The van der Waals surface area contributed by atoms with Crippen LogP contribution >= 0.6 is 0 Å². The predicted molar refractivity (Wildman–Crippen MR) is 118 cm³/mol. The summed E-state index contributed by atoms with van der Waals surface area (Å²) < 4.78 is 63.8. The number of carbonyl (C=O) groups is 1. The predicted octanol–water partition coefficient (Wildman–Crippen LogP) is 3.94. The van der Waals surface area contributed by atoms with Crippen LogP contribution in [0.2, 0.25) is 0 Å². The largest absolute Gasteiger partial charge is 0.573 e. The number of benzene rings is 1. The molecule has 2 aliphatic rings. The molecule has 186 valence electrons. The maximum atomic E-state index is 14.5. The molecule has 1 aromatic carbocycles. The van der Waals surface area contributed by atoms with Gasteiger partial charge in [-0.2, -0.15) is 0 Å². The number of hydrogen-bond acceptors (Lipinski definition) is 7. The molecule has 0 spiro atoms. The van der Waals surface area contributed by atoms with Crippen LogP contribution < -0.4 is 15.2 Å². The second kappa shape index (κ2) is 7.67. The van der Waals surface area contributed by atoms with Gasteiger partial charge in [0.05, 0.1) is 23.4 Å². The zero-order valence-electron chi connectivity index (χ0n) is 18.7. The summed E-state index contributed by atoms with van der Waals surface area (Å²) >= 11 is 0. The molecule has 0 aliphatic carbocycles. The second-order valence-corrected chi connectivity index (χ2v) is 8.71. The molecule has 2 N–H and O–H groups in total. The normalized spacial score (nSPS) is 19.3. The standard InChI is InChI=1S/C23H18F4N6O3/c1-10-19-21(28)31-14-8-29-13(6-15(14)33(19)9-30-10)22(34)32-4-2-3-16-20(32)11-5-12(24)18(7-17(11)35-16)36-23(25,26)27/h5-9,16,20H,2-4H2,1H3,(H2,28,31)/t16-,20-/m0/s1. The number of carbonyl (C=O) groups excluding carboxylic acids is 1. The fourth-order valence-electron chi connectivity index (χ4n) is 5.02. The van der Waals surface area contributed by atoms with Crippen molar-refractivity contribution >= 4 is 28.3 Å². The lowest BCUT2D eigenvalue weighted by Crippen LogP contribution is -2.44. The van der Waals surface area contributed by atoms with E-state index in [0.717, 1.165) is 12.1 Å². The van der Waals surface area contributed by atoms with E-state index in [2.05, 4.69) is 19.7 Å². The summed E-state index contributed by atoms with van der Waals surface area (Å²) in [5.41, 5.74) is 8.80. The summed E-state index contributed by atoms with van der Waals surface area (Å²) in [5.74, 6) is -2.28. The number of fused-ring (bicyclic) bond motifs is 6. The lowest BCUT2D eigenvalue weighted by Gasteiger charge is -2.36. The van der Waals surface area contributed by atoms with Crippen LogP contribution in [0.4, 0.5) is 23.4 Å². The van der Waals surface area contributed by atoms with E-state index in [1.807, 2.05) is 0 Å². The van der Waals surface area contributed by atoms with Gasteiger partial charge in [0.1, 0.15) is 34.9 Å². The molecule has 13 heteroatoms. The highest BCUT2D eigenvalue weighted by Crippen LogP contribution is 2.47. The molecule has 5 heterocycles. The van der Waals surface area contributed by atoms with Crippen molar-refractivity contribution in [3.05, 3.63) is 53.5 Å². The number of aryl methyl sites for hydroxylation is 1. The molecule has 4 aromatic rings. The van der Waals surface area contributed by atoms with Crippen molar-refractivity contribution in [3.63, 3.8) is 0 Å². The number of imidazole rings is 1. The van der Waals surface area contributed by atoms with E-state index < -0.39 is 36.0 Å². The van der Waals surface area contributed by atoms with Crippen molar-refractivity contribution in [2.45, 2.75) is 38.3 Å². The molecular formula is C23H18F4N6O3. The van der Waals surface area contributed by atoms with Crippen molar-refractivity contribution in [2.75, 3.05) is 12.3 Å². The number of nitrogens with zero attached hydrogens (tertiary/aromatic N) is 5. The van der Waals surface area contributed by atoms with Gasteiger partial charge < -0.3 is 20.1 Å². The van der Waals surface area contributed by atoms with Gasteiger partial charge >= 0.3 is 6.36 Å². The van der Waals surface area contributed by atoms with Crippen LogP contribution in [0.25, 0.3) is 16.6 Å². The molecule has 0 radical (unpaired) electrons. The molecule has 1 saturated heterocycles. The summed E-state index contributed by atoms with van der Waals surface area (Å²) in [4.78, 5) is 28.0. The summed E-state index contributed by atoms with van der Waals surface area (Å²) in [6.45, 7) is 2.13. The number of pyridine rings is 1. The van der Waals surface area contributed by atoms with Crippen LogP contribution in [0.1, 0.15) is 40.6 Å². The third kappa shape index (κ3) is 3.45. The highest BCUT2D eigenvalue weighted by atomic mass is 19.4. The molecule has 1 amide bonds. The highest BCUT2D eigenvalue weighted by Gasteiger charge is 2.45. The minimum atomic E-state index is -5.05. The molecule has 3 aromatic heterocycles. The van der Waals surface area contributed by atoms with Gasteiger partial charge in [0, 0.05) is 18.2 Å². The van der Waals surface area contributed by atoms with Crippen molar-refractivity contribution in [3.8, 4) is 11.5 Å². The third-order valence-corrected chi connectivity index (χ3v) is 6.50. The van der Waals surface area contributed by atoms with Gasteiger partial charge in [0.2, 0.25) is 0 Å². The number of rotatable bonds is 2. The number of piperidine rings is 1. The first kappa shape index (κ1) is 22.3. The van der Waals surface area contributed by atoms with Crippen molar-refractivity contribution in [2.24, 2.45) is 0 Å². The maximum absolute atomic E-state index is 14.5. The van der Waals surface area contributed by atoms with E-state index in [0.29, 0.717) is 41.6 Å². The van der Waals surface area contributed by atoms with Crippen LogP contribution in [-0.4, -0.2) is 49.2 Å². The second-order valence-electron chi connectivity index (χ2n) is 8.71. The topological polar surface area (TPSA) is 108 Å². The summed E-state index contributed by atoms with van der Waals surface area (Å²) in [7, 11) is 0. The number of anilines is 1. The number of likely N-dealkylation sites (tertiary alicyclic amines) is 1. The monoisotopic (exact) mass is 502 g/mol. The number of amides is 1. The Balaban J connectivity index is 1.39. The SMILES string of the molecule is Cc1ncn2c1c(N)nc1cnc(C(=O)N3CCC[C@@H]4Oc5cc(OC(F)(F)F)c(F)cc5[C@@H]43)cc12. The Labute approximate surface area is 200 Å². The van der Waals surface area contributed by atoms with Gasteiger partial charge in [-0.1, -0.05) is 0 Å². The van der Waals surface area contributed by atoms with Crippen molar-refractivity contribution in [1.29, 1.82) is 0 Å². The molecule has 9 nitrogen and oxygen atoms in total. The molecule has 1 fully saturated rings. The highest BCUT2D eigenvalue weighted by molar-refractivity contribution is 5.96. The van der Waals surface area contributed by atoms with Gasteiger partial charge in [0.25, 0.3) is 5.91 Å². The van der Waals surface area contributed by atoms with Gasteiger partial charge in [-0.15, -0.1) is 13.2 Å². The first-order chi connectivity index (χ1) is 17.1. The van der Waals surface area contributed by atoms with E-state index in [-0.39, 0.29) is 22.8 Å². The number of nitrogen functional groups attached to an aromatic ring is 1. The van der Waals surface area contributed by atoms with Gasteiger partial charge in [-0.25, -0.2) is 19.3 Å². The first-order valence-corrected chi connectivity index (χ1v) is 11.1. The van der Waals surface area contributed by atoms with Crippen molar-refractivity contribution < 1.29 is 31.8 Å². The number of ether oxygens (including phenoxy) is 2. The van der Waals surface area contributed by atoms with Gasteiger partial charge in [-0.05, 0) is 31.9 Å². The van der Waals surface area contributed by atoms with Crippen LogP contribution in [-0.2, 0) is 0 Å². The third-order valence-electron chi connectivity index (χ3n) is 6.50. The average Bonchev–Trinajstić information content (AvgIpc) is 3.38.